The van der Waals surface area contributed by atoms with Crippen molar-refractivity contribution in [3.8, 4) is 0 Å². The molecule has 0 spiro atoms. The average molecular weight is 218 g/mol. The van der Waals surface area contributed by atoms with Crippen LogP contribution >= 0.6 is 0 Å². The van der Waals surface area contributed by atoms with Gasteiger partial charge in [0.2, 0.25) is 0 Å². The lowest BCUT2D eigenvalue weighted by Gasteiger charge is -2.21. The summed E-state index contributed by atoms with van der Waals surface area (Å²) in [4.78, 5) is 0. The van der Waals surface area contributed by atoms with Crippen LogP contribution in [0.15, 0.2) is 12.3 Å². The third-order valence-electron chi connectivity index (χ3n) is 2.85. The molecule has 0 saturated carbocycles. The van der Waals surface area contributed by atoms with Gasteiger partial charge < -0.3 is 4.74 Å². The number of rotatable bonds is 4. The Kier molecular flexibility index (Phi) is 3.59. The van der Waals surface area contributed by atoms with E-state index in [9.17, 15) is 8.42 Å². The van der Waals surface area contributed by atoms with E-state index in [0.29, 0.717) is 18.8 Å². The van der Waals surface area contributed by atoms with Crippen molar-refractivity contribution >= 4 is 9.84 Å². The molecule has 1 atom stereocenters. The molecule has 4 heteroatoms. The summed E-state index contributed by atoms with van der Waals surface area (Å²) in [6.45, 7) is 4.18. The van der Waals surface area contributed by atoms with E-state index >= 15 is 0 Å². The Hall–Kier alpha value is -0.510. The van der Waals surface area contributed by atoms with Crippen LogP contribution in [0.4, 0.5) is 0 Å². The molecule has 1 rings (SSSR count). The van der Waals surface area contributed by atoms with E-state index in [1.165, 1.54) is 0 Å². The van der Waals surface area contributed by atoms with Gasteiger partial charge in [0, 0.05) is 6.42 Å². The van der Waals surface area contributed by atoms with Crippen LogP contribution in [-0.4, -0.2) is 25.5 Å². The zero-order chi connectivity index (χ0) is 10.7. The summed E-state index contributed by atoms with van der Waals surface area (Å²) in [7, 11) is -2.88. The molecule has 14 heavy (non-hydrogen) atoms. The number of ether oxygens (including phenoxy) is 1. The van der Waals surface area contributed by atoms with Gasteiger partial charge in [0.1, 0.15) is 0 Å². The van der Waals surface area contributed by atoms with Gasteiger partial charge in [-0.15, -0.1) is 0 Å². The Morgan fingerprint density at radius 2 is 2.21 bits per heavy atom. The first-order chi connectivity index (χ1) is 6.52. The molecule has 0 radical (unpaired) electrons. The lowest BCUT2D eigenvalue weighted by molar-refractivity contribution is 0.229. The topological polar surface area (TPSA) is 43.4 Å². The summed E-state index contributed by atoms with van der Waals surface area (Å²) >= 11 is 0. The molecule has 1 unspecified atom stereocenters. The molecular weight excluding hydrogens is 200 g/mol. The quantitative estimate of drug-likeness (QED) is 0.534. The predicted molar refractivity (Wildman–Crippen MR) is 56.8 cm³/mol. The molecule has 0 amide bonds. The largest absolute Gasteiger partial charge is 0.501 e. The predicted octanol–water partition coefficient (Wildman–Crippen LogP) is 1.89. The Labute approximate surface area is 86.1 Å². The van der Waals surface area contributed by atoms with Crippen molar-refractivity contribution in [3.63, 3.8) is 0 Å². The molecule has 0 aromatic carbocycles. The molecule has 1 fully saturated rings. The van der Waals surface area contributed by atoms with Gasteiger partial charge in [0.15, 0.2) is 9.84 Å². The third kappa shape index (κ3) is 2.29. The van der Waals surface area contributed by atoms with Crippen molar-refractivity contribution in [2.75, 3.05) is 12.4 Å². The molecule has 0 bridgehead atoms. The van der Waals surface area contributed by atoms with Crippen molar-refractivity contribution in [2.45, 2.75) is 37.9 Å². The van der Waals surface area contributed by atoms with Crippen molar-refractivity contribution < 1.29 is 13.2 Å². The van der Waals surface area contributed by atoms with Gasteiger partial charge in [-0.2, -0.15) is 0 Å². The van der Waals surface area contributed by atoms with Crippen LogP contribution in [0.5, 0.6) is 0 Å². The maximum Gasteiger partial charge on any atom is 0.155 e. The van der Waals surface area contributed by atoms with Gasteiger partial charge in [0.25, 0.3) is 0 Å². The van der Waals surface area contributed by atoms with Crippen molar-refractivity contribution in [1.82, 2.24) is 0 Å². The minimum atomic E-state index is -2.88. The first kappa shape index (κ1) is 11.6. The van der Waals surface area contributed by atoms with Crippen LogP contribution in [0.2, 0.25) is 0 Å². The van der Waals surface area contributed by atoms with Gasteiger partial charge in [-0.3, -0.25) is 0 Å². The van der Waals surface area contributed by atoms with Crippen LogP contribution in [0.3, 0.4) is 0 Å². The molecular formula is C10H18O3S. The van der Waals surface area contributed by atoms with E-state index in [-0.39, 0.29) is 0 Å². The molecule has 0 aromatic rings. The third-order valence-corrected chi connectivity index (χ3v) is 5.59. The van der Waals surface area contributed by atoms with Gasteiger partial charge in [-0.05, 0) is 26.7 Å². The number of hydrogen-bond acceptors (Lipinski definition) is 3. The van der Waals surface area contributed by atoms with E-state index in [2.05, 4.69) is 0 Å². The highest BCUT2D eigenvalue weighted by molar-refractivity contribution is 7.93. The Bertz CT molecular complexity index is 305. The minimum absolute atomic E-state index is 0.340. The number of allylic oxidation sites excluding steroid dienone is 1. The van der Waals surface area contributed by atoms with Gasteiger partial charge in [-0.1, -0.05) is 6.08 Å². The van der Waals surface area contributed by atoms with Crippen LogP contribution in [-0.2, 0) is 14.6 Å². The zero-order valence-corrected chi connectivity index (χ0v) is 9.64. The zero-order valence-electron chi connectivity index (χ0n) is 8.82. The highest BCUT2D eigenvalue weighted by Crippen LogP contribution is 2.34. The number of sulfone groups is 1. The molecule has 1 heterocycles. The summed E-state index contributed by atoms with van der Waals surface area (Å²) in [6, 6.07) is 0. The summed E-state index contributed by atoms with van der Waals surface area (Å²) in [6.07, 6.45) is 5.56. The fourth-order valence-corrected chi connectivity index (χ4v) is 3.62. The van der Waals surface area contributed by atoms with E-state index in [0.717, 1.165) is 12.8 Å². The van der Waals surface area contributed by atoms with Crippen molar-refractivity contribution in [1.29, 1.82) is 0 Å². The fourth-order valence-electron chi connectivity index (χ4n) is 1.76. The molecule has 0 aliphatic carbocycles. The minimum Gasteiger partial charge on any atom is -0.501 e. The van der Waals surface area contributed by atoms with E-state index in [4.69, 9.17) is 4.74 Å². The highest BCUT2D eigenvalue weighted by Gasteiger charge is 2.42. The fraction of sp³-hybridized carbons (Fsp3) is 0.800. The summed E-state index contributed by atoms with van der Waals surface area (Å²) in [5.74, 6) is 0.340. The Morgan fingerprint density at radius 3 is 2.71 bits per heavy atom. The van der Waals surface area contributed by atoms with Crippen molar-refractivity contribution in [2.24, 2.45) is 0 Å². The molecule has 0 N–H and O–H groups in total. The Morgan fingerprint density at radius 1 is 1.50 bits per heavy atom. The second kappa shape index (κ2) is 4.34. The van der Waals surface area contributed by atoms with Gasteiger partial charge >= 0.3 is 0 Å². The van der Waals surface area contributed by atoms with Crippen LogP contribution in [0.1, 0.15) is 33.1 Å². The first-order valence-corrected chi connectivity index (χ1v) is 6.62. The summed E-state index contributed by atoms with van der Waals surface area (Å²) in [5, 5.41) is 0. The van der Waals surface area contributed by atoms with Crippen molar-refractivity contribution in [3.05, 3.63) is 12.3 Å². The molecule has 1 saturated heterocycles. The van der Waals surface area contributed by atoms with Gasteiger partial charge in [-0.25, -0.2) is 8.42 Å². The van der Waals surface area contributed by atoms with E-state index in [1.807, 2.05) is 13.8 Å². The van der Waals surface area contributed by atoms with Gasteiger partial charge in [0.05, 0.1) is 23.4 Å². The highest BCUT2D eigenvalue weighted by atomic mass is 32.2. The average Bonchev–Trinajstić information content (AvgIpc) is 2.36. The molecule has 3 nitrogen and oxygen atoms in total. The molecule has 1 aliphatic heterocycles. The Balaban J connectivity index is 2.50. The standard InChI is InChI=1S/C10H18O3S/c1-3-7-13-8-6-10(2)5-4-9-14(10,11)12/h3,7H,4-6,8-9H2,1-2H3/b7-3+. The first-order valence-electron chi connectivity index (χ1n) is 4.97. The summed E-state index contributed by atoms with van der Waals surface area (Å²) < 4.78 is 28.0. The lowest BCUT2D eigenvalue weighted by atomic mass is 10.0. The summed E-state index contributed by atoms with van der Waals surface area (Å²) in [5.41, 5.74) is 0. The maximum absolute atomic E-state index is 11.7. The van der Waals surface area contributed by atoms with Crippen LogP contribution in [0.25, 0.3) is 0 Å². The molecule has 0 aromatic heterocycles. The second-order valence-corrected chi connectivity index (χ2v) is 6.59. The van der Waals surface area contributed by atoms with E-state index < -0.39 is 14.6 Å². The van der Waals surface area contributed by atoms with Crippen LogP contribution in [0, 0.1) is 0 Å². The number of hydrogen-bond donors (Lipinski definition) is 0. The molecule has 1 aliphatic rings. The SMILES string of the molecule is C/C=C/OCCC1(C)CCCS1(=O)=O. The molecule has 82 valence electrons. The van der Waals surface area contributed by atoms with E-state index in [1.54, 1.807) is 12.3 Å². The monoisotopic (exact) mass is 218 g/mol. The lowest BCUT2D eigenvalue weighted by Crippen LogP contribution is -2.32. The van der Waals surface area contributed by atoms with Crippen LogP contribution < -0.4 is 0 Å². The second-order valence-electron chi connectivity index (χ2n) is 3.96. The normalized spacial score (nSPS) is 31.0. The smallest absolute Gasteiger partial charge is 0.155 e. The maximum atomic E-state index is 11.7.